The largest absolute Gasteiger partial charge is 0.478 e. The van der Waals surface area contributed by atoms with Crippen LogP contribution in [-0.2, 0) is 4.79 Å². The van der Waals surface area contributed by atoms with Gasteiger partial charge in [-0.1, -0.05) is 47.5 Å². The van der Waals surface area contributed by atoms with Gasteiger partial charge in [0.15, 0.2) is 5.17 Å². The van der Waals surface area contributed by atoms with Crippen LogP contribution in [0.1, 0.15) is 24.1 Å². The molecule has 4 nitrogen and oxygen atoms in total. The lowest BCUT2D eigenvalue weighted by Crippen LogP contribution is -2.29. The minimum atomic E-state index is -0.962. The minimum Gasteiger partial charge on any atom is -0.478 e. The van der Waals surface area contributed by atoms with Gasteiger partial charge in [-0.2, -0.15) is 0 Å². The van der Waals surface area contributed by atoms with E-state index in [1.165, 1.54) is 11.8 Å². The van der Waals surface area contributed by atoms with Gasteiger partial charge in [0, 0.05) is 5.70 Å². The molecule has 0 radical (unpaired) electrons. The number of hydrogen-bond acceptors (Lipinski definition) is 4. The van der Waals surface area contributed by atoms with Crippen LogP contribution in [0.5, 0.6) is 0 Å². The number of nitrogens with one attached hydrogen (secondary N) is 1. The molecule has 0 amide bonds. The quantitative estimate of drug-likeness (QED) is 0.843. The standard InChI is InChI=1S/C16H16N2O2S/c1-4-8-21-16-17-11(3)13(15(19)20)14(18-16)12-7-5-6-10(2)9-12/h1,5-7,9,14H,8H2,2-3H3,(H,17,18)(H,19,20). The first kappa shape index (κ1) is 15.2. The number of carboxylic acid groups (broad SMARTS) is 1. The van der Waals surface area contributed by atoms with Crippen molar-refractivity contribution in [3.05, 3.63) is 46.7 Å². The summed E-state index contributed by atoms with van der Waals surface area (Å²) in [6, 6.07) is 7.22. The van der Waals surface area contributed by atoms with E-state index < -0.39 is 12.0 Å². The Balaban J connectivity index is 2.44. The van der Waals surface area contributed by atoms with Gasteiger partial charge in [-0.15, -0.1) is 6.42 Å². The first-order chi connectivity index (χ1) is 10.0. The Kier molecular flexibility index (Phi) is 4.71. The average molecular weight is 300 g/mol. The minimum absolute atomic E-state index is 0.269. The predicted molar refractivity (Wildman–Crippen MR) is 86.1 cm³/mol. The molecule has 0 fully saturated rings. The van der Waals surface area contributed by atoms with Gasteiger partial charge >= 0.3 is 5.97 Å². The van der Waals surface area contributed by atoms with Crippen molar-refractivity contribution in [1.82, 2.24) is 5.32 Å². The van der Waals surface area contributed by atoms with Crippen molar-refractivity contribution in [1.29, 1.82) is 0 Å². The Labute approximate surface area is 128 Å². The number of aryl methyl sites for hydroxylation is 1. The number of carbonyl (C=O) groups is 1. The van der Waals surface area contributed by atoms with Crippen LogP contribution in [0, 0.1) is 19.3 Å². The lowest BCUT2D eigenvalue weighted by atomic mass is 9.95. The van der Waals surface area contributed by atoms with Gasteiger partial charge in [0.2, 0.25) is 0 Å². The van der Waals surface area contributed by atoms with Crippen LogP contribution >= 0.6 is 11.8 Å². The summed E-state index contributed by atoms with van der Waals surface area (Å²) < 4.78 is 0. The fourth-order valence-corrected chi connectivity index (χ4v) is 2.81. The van der Waals surface area contributed by atoms with E-state index in [9.17, 15) is 9.90 Å². The molecule has 1 aliphatic heterocycles. The van der Waals surface area contributed by atoms with Crippen LogP contribution in [0.25, 0.3) is 0 Å². The molecule has 0 aliphatic carbocycles. The summed E-state index contributed by atoms with van der Waals surface area (Å²) in [5, 5.41) is 13.1. The van der Waals surface area contributed by atoms with Crippen LogP contribution in [-0.4, -0.2) is 22.0 Å². The summed E-state index contributed by atoms with van der Waals surface area (Å²) >= 11 is 1.39. The molecule has 108 valence electrons. The smallest absolute Gasteiger partial charge is 0.335 e. The molecule has 1 atom stereocenters. The molecule has 21 heavy (non-hydrogen) atoms. The van der Waals surface area contributed by atoms with Crippen molar-refractivity contribution in [3.63, 3.8) is 0 Å². The Hall–Kier alpha value is -2.19. The molecule has 1 unspecified atom stereocenters. The molecule has 0 aromatic heterocycles. The number of thioether (sulfide) groups is 1. The Morgan fingerprint density at radius 3 is 2.90 bits per heavy atom. The van der Waals surface area contributed by atoms with E-state index >= 15 is 0 Å². The summed E-state index contributed by atoms with van der Waals surface area (Å²) in [6.45, 7) is 3.72. The summed E-state index contributed by atoms with van der Waals surface area (Å²) in [4.78, 5) is 16.1. The number of aliphatic carboxylic acids is 1. The molecule has 2 rings (SSSR count). The third-order valence-corrected chi connectivity index (χ3v) is 3.89. The van der Waals surface area contributed by atoms with Gasteiger partial charge < -0.3 is 10.4 Å². The van der Waals surface area contributed by atoms with Crippen molar-refractivity contribution in [2.45, 2.75) is 19.9 Å². The Morgan fingerprint density at radius 1 is 1.52 bits per heavy atom. The monoisotopic (exact) mass is 300 g/mol. The lowest BCUT2D eigenvalue weighted by Gasteiger charge is -2.24. The molecule has 1 aromatic carbocycles. The van der Waals surface area contributed by atoms with E-state index in [1.807, 2.05) is 31.2 Å². The molecular formula is C16H16N2O2S. The van der Waals surface area contributed by atoms with E-state index in [2.05, 4.69) is 16.2 Å². The highest BCUT2D eigenvalue weighted by molar-refractivity contribution is 8.14. The summed E-state index contributed by atoms with van der Waals surface area (Å²) in [5.41, 5.74) is 2.81. The molecular weight excluding hydrogens is 284 g/mol. The Morgan fingerprint density at radius 2 is 2.29 bits per heavy atom. The zero-order chi connectivity index (χ0) is 15.4. The number of rotatable bonds is 3. The first-order valence-corrected chi connectivity index (χ1v) is 7.43. The van der Waals surface area contributed by atoms with E-state index in [-0.39, 0.29) is 5.57 Å². The third kappa shape index (κ3) is 3.47. The maximum atomic E-state index is 11.5. The number of hydrogen-bond donors (Lipinski definition) is 2. The van der Waals surface area contributed by atoms with Crippen LogP contribution in [0.4, 0.5) is 0 Å². The second kappa shape index (κ2) is 6.51. The maximum absolute atomic E-state index is 11.5. The highest BCUT2D eigenvalue weighted by Gasteiger charge is 2.29. The Bertz CT molecular complexity index is 671. The van der Waals surface area contributed by atoms with Gasteiger partial charge in [-0.25, -0.2) is 9.79 Å². The average Bonchev–Trinajstić information content (AvgIpc) is 2.44. The van der Waals surface area contributed by atoms with Crippen molar-refractivity contribution in [2.24, 2.45) is 4.99 Å². The highest BCUT2D eigenvalue weighted by atomic mass is 32.2. The van der Waals surface area contributed by atoms with Crippen LogP contribution < -0.4 is 5.32 Å². The molecule has 0 saturated heterocycles. The highest BCUT2D eigenvalue weighted by Crippen LogP contribution is 2.32. The van der Waals surface area contributed by atoms with Gasteiger partial charge in [0.25, 0.3) is 0 Å². The normalized spacial score (nSPS) is 17.8. The number of amidine groups is 1. The van der Waals surface area contributed by atoms with E-state index in [0.717, 1.165) is 11.1 Å². The molecule has 0 bridgehead atoms. The maximum Gasteiger partial charge on any atom is 0.335 e. The van der Waals surface area contributed by atoms with Gasteiger partial charge in [-0.3, -0.25) is 0 Å². The van der Waals surface area contributed by atoms with E-state index in [0.29, 0.717) is 16.6 Å². The number of aliphatic imine (C=N–C) groups is 1. The van der Waals surface area contributed by atoms with Crippen molar-refractivity contribution < 1.29 is 9.90 Å². The summed E-state index contributed by atoms with van der Waals surface area (Å²) in [7, 11) is 0. The van der Waals surface area contributed by atoms with Gasteiger partial charge in [0.05, 0.1) is 11.3 Å². The molecule has 0 spiro atoms. The van der Waals surface area contributed by atoms with Gasteiger partial charge in [0.1, 0.15) is 6.04 Å². The molecule has 1 aliphatic rings. The molecule has 1 heterocycles. The molecule has 1 aromatic rings. The zero-order valence-electron chi connectivity index (χ0n) is 11.9. The zero-order valence-corrected chi connectivity index (χ0v) is 12.7. The SMILES string of the molecule is C#CCSC1=NC(c2cccc(C)c2)C(C(=O)O)=C(C)N1. The van der Waals surface area contributed by atoms with E-state index in [4.69, 9.17) is 6.42 Å². The number of allylic oxidation sites excluding steroid dienone is 1. The van der Waals surface area contributed by atoms with E-state index in [1.54, 1.807) is 6.92 Å². The van der Waals surface area contributed by atoms with Crippen LogP contribution in [0.3, 0.4) is 0 Å². The van der Waals surface area contributed by atoms with Crippen molar-refractivity contribution in [3.8, 4) is 12.3 Å². The molecule has 2 N–H and O–H groups in total. The lowest BCUT2D eigenvalue weighted by molar-refractivity contribution is -0.133. The summed E-state index contributed by atoms with van der Waals surface area (Å²) in [5.74, 6) is 2.06. The second-order valence-corrected chi connectivity index (χ2v) is 5.68. The fraction of sp³-hybridized carbons (Fsp3) is 0.250. The number of nitrogens with zero attached hydrogens (tertiary/aromatic N) is 1. The van der Waals surface area contributed by atoms with Crippen LogP contribution in [0.15, 0.2) is 40.5 Å². The number of benzene rings is 1. The van der Waals surface area contributed by atoms with Gasteiger partial charge in [-0.05, 0) is 19.4 Å². The van der Waals surface area contributed by atoms with Crippen LogP contribution in [0.2, 0.25) is 0 Å². The predicted octanol–water partition coefficient (Wildman–Crippen LogP) is 2.72. The van der Waals surface area contributed by atoms with Crippen molar-refractivity contribution in [2.75, 3.05) is 5.75 Å². The number of terminal acetylenes is 1. The second-order valence-electron chi connectivity index (χ2n) is 4.71. The fourth-order valence-electron chi connectivity index (χ4n) is 2.19. The number of carboxylic acids is 1. The van der Waals surface area contributed by atoms with Crippen molar-refractivity contribution >= 4 is 22.9 Å². The third-order valence-electron chi connectivity index (χ3n) is 3.10. The molecule has 0 saturated carbocycles. The first-order valence-electron chi connectivity index (χ1n) is 6.44. The summed E-state index contributed by atoms with van der Waals surface area (Å²) in [6.07, 6.45) is 5.26. The molecule has 5 heteroatoms. The topological polar surface area (TPSA) is 61.7 Å².